The van der Waals surface area contributed by atoms with E-state index in [1.54, 1.807) is 6.08 Å². The van der Waals surface area contributed by atoms with Crippen LogP contribution >= 0.6 is 10.5 Å². The molecule has 6 nitrogen and oxygen atoms in total. The Kier molecular flexibility index (Phi) is 7.49. The van der Waals surface area contributed by atoms with Crippen molar-refractivity contribution in [3.05, 3.63) is 12.2 Å². The zero-order valence-electron chi connectivity index (χ0n) is 14.9. The number of hydrogen-bond donors (Lipinski definition) is 1. The molecular formula is C18H30N2O4S. The fourth-order valence-electron chi connectivity index (χ4n) is 3.45. The largest absolute Gasteiger partial charge is 0.377 e. The predicted octanol–water partition coefficient (Wildman–Crippen LogP) is 0.638. The second kappa shape index (κ2) is 9.83. The van der Waals surface area contributed by atoms with Gasteiger partial charge < -0.3 is 19.5 Å². The molecule has 7 heteroatoms. The molecule has 0 aromatic rings. The molecule has 25 heavy (non-hydrogen) atoms. The number of carbonyl (C=O) groups is 1. The van der Waals surface area contributed by atoms with Crippen molar-refractivity contribution in [1.82, 2.24) is 10.2 Å². The summed E-state index contributed by atoms with van der Waals surface area (Å²) in [5.74, 6) is 6.36. The maximum absolute atomic E-state index is 11.8. The van der Waals surface area contributed by atoms with Crippen LogP contribution in [0, 0.1) is 0 Å². The lowest BCUT2D eigenvalue weighted by Gasteiger charge is -2.24. The van der Waals surface area contributed by atoms with Gasteiger partial charge in [0.05, 0.1) is 31.5 Å². The van der Waals surface area contributed by atoms with Crippen molar-refractivity contribution < 1.29 is 19.0 Å². The van der Waals surface area contributed by atoms with Crippen LogP contribution in [-0.2, 0) is 19.0 Å². The zero-order chi connectivity index (χ0) is 17.5. The monoisotopic (exact) mass is 370 g/mol. The molecule has 3 heterocycles. The van der Waals surface area contributed by atoms with Crippen LogP contribution in [0.5, 0.6) is 0 Å². The fraction of sp³-hybridized carbons (Fsp3) is 0.778. The normalized spacial score (nSPS) is 33.0. The maximum atomic E-state index is 11.8. The molecule has 0 aromatic heterocycles. The summed E-state index contributed by atoms with van der Waals surface area (Å²) in [7, 11) is 0.301. The maximum Gasteiger partial charge on any atom is 0.243 e. The average molecular weight is 371 g/mol. The third-order valence-electron chi connectivity index (χ3n) is 4.79. The molecule has 142 valence electrons. The molecular weight excluding hydrogens is 340 g/mol. The Morgan fingerprint density at radius 1 is 1.32 bits per heavy atom. The first kappa shape index (κ1) is 19.0. The van der Waals surface area contributed by atoms with Crippen LogP contribution in [0.15, 0.2) is 12.2 Å². The van der Waals surface area contributed by atoms with Gasteiger partial charge in [-0.1, -0.05) is 11.9 Å². The Morgan fingerprint density at radius 2 is 2.08 bits per heavy atom. The van der Waals surface area contributed by atoms with E-state index in [1.165, 1.54) is 5.75 Å². The third-order valence-corrected chi connectivity index (χ3v) is 6.45. The highest BCUT2D eigenvalue weighted by Crippen LogP contribution is 2.25. The molecule has 4 unspecified atom stereocenters. The number of nitrogens with zero attached hydrogens (tertiary/aromatic N) is 1. The molecule has 3 aliphatic heterocycles. The summed E-state index contributed by atoms with van der Waals surface area (Å²) in [6.07, 6.45) is 6.28. The molecule has 0 aromatic carbocycles. The van der Waals surface area contributed by atoms with E-state index in [0.29, 0.717) is 43.0 Å². The molecule has 0 aliphatic carbocycles. The Bertz CT molecular complexity index is 485. The van der Waals surface area contributed by atoms with Crippen molar-refractivity contribution in [3.8, 4) is 0 Å². The SMILES string of the molecule is C=S1CCC(OCCCNC(=O)C=CCN2CC3OCCOC3C2)C1. The van der Waals surface area contributed by atoms with Gasteiger partial charge in [0.1, 0.15) is 0 Å². The minimum Gasteiger partial charge on any atom is -0.377 e. The lowest BCUT2D eigenvalue weighted by atomic mass is 10.2. The number of likely N-dealkylation sites (tertiary alicyclic amines) is 1. The molecule has 3 saturated heterocycles. The summed E-state index contributed by atoms with van der Waals surface area (Å²) in [5, 5.41) is 2.91. The zero-order valence-corrected chi connectivity index (χ0v) is 15.7. The molecule has 0 spiro atoms. The second-order valence-corrected chi connectivity index (χ2v) is 8.81. The smallest absolute Gasteiger partial charge is 0.243 e. The first-order valence-electron chi connectivity index (χ1n) is 9.19. The number of carbonyl (C=O) groups excluding carboxylic acids is 1. The van der Waals surface area contributed by atoms with E-state index in [1.807, 2.05) is 6.08 Å². The summed E-state index contributed by atoms with van der Waals surface area (Å²) in [5.41, 5.74) is 0. The summed E-state index contributed by atoms with van der Waals surface area (Å²) in [4.78, 5) is 14.1. The van der Waals surface area contributed by atoms with Crippen molar-refractivity contribution in [2.45, 2.75) is 31.2 Å². The van der Waals surface area contributed by atoms with Crippen LogP contribution in [0.4, 0.5) is 0 Å². The van der Waals surface area contributed by atoms with E-state index < -0.39 is 0 Å². The Morgan fingerprint density at radius 3 is 2.76 bits per heavy atom. The van der Waals surface area contributed by atoms with Gasteiger partial charge in [-0.05, 0) is 18.6 Å². The topological polar surface area (TPSA) is 60.0 Å². The minimum absolute atomic E-state index is 0.0377. The third kappa shape index (κ3) is 6.18. The van der Waals surface area contributed by atoms with Gasteiger partial charge in [0.25, 0.3) is 0 Å². The average Bonchev–Trinajstić information content (AvgIpc) is 3.20. The van der Waals surface area contributed by atoms with Crippen LogP contribution in [0.1, 0.15) is 12.8 Å². The molecule has 0 bridgehead atoms. The highest BCUT2D eigenvalue weighted by Gasteiger charge is 2.35. The van der Waals surface area contributed by atoms with Crippen molar-refractivity contribution in [3.63, 3.8) is 0 Å². The fourth-order valence-corrected chi connectivity index (χ4v) is 5.00. The number of ether oxygens (including phenoxy) is 3. The van der Waals surface area contributed by atoms with Gasteiger partial charge in [-0.15, -0.1) is 0 Å². The summed E-state index contributed by atoms with van der Waals surface area (Å²) in [6, 6.07) is 0. The molecule has 0 saturated carbocycles. The first-order chi connectivity index (χ1) is 12.2. The minimum atomic E-state index is -0.0377. The number of hydrogen-bond acceptors (Lipinski definition) is 5. The summed E-state index contributed by atoms with van der Waals surface area (Å²) < 4.78 is 17.2. The molecule has 3 rings (SSSR count). The number of fused-ring (bicyclic) bond motifs is 1. The van der Waals surface area contributed by atoms with Gasteiger partial charge in [0.15, 0.2) is 0 Å². The van der Waals surface area contributed by atoms with Gasteiger partial charge in [-0.3, -0.25) is 9.69 Å². The summed E-state index contributed by atoms with van der Waals surface area (Å²) >= 11 is 0. The van der Waals surface area contributed by atoms with E-state index in [4.69, 9.17) is 14.2 Å². The number of rotatable bonds is 8. The van der Waals surface area contributed by atoms with Gasteiger partial charge in [0, 0.05) is 44.6 Å². The van der Waals surface area contributed by atoms with Crippen molar-refractivity contribution in [2.75, 3.05) is 57.5 Å². The van der Waals surface area contributed by atoms with Crippen LogP contribution in [0.25, 0.3) is 0 Å². The van der Waals surface area contributed by atoms with E-state index in [9.17, 15) is 4.79 Å². The number of amides is 1. The highest BCUT2D eigenvalue weighted by molar-refractivity contribution is 8.14. The van der Waals surface area contributed by atoms with Gasteiger partial charge in [-0.2, -0.15) is 10.5 Å². The van der Waals surface area contributed by atoms with E-state index in [2.05, 4.69) is 16.1 Å². The standard InChI is InChI=1S/C18H30N2O4S/c1-25-11-5-15(14-25)22-8-3-6-19-18(21)4-2-7-20-12-16-17(13-20)24-10-9-23-16/h2,4,15-17H,1,3,5-14H2,(H,19,21). The molecule has 0 radical (unpaired) electrons. The Balaban J connectivity index is 1.22. The molecule has 3 aliphatic rings. The number of nitrogens with one attached hydrogen (secondary N) is 1. The van der Waals surface area contributed by atoms with Crippen LogP contribution in [0.2, 0.25) is 0 Å². The van der Waals surface area contributed by atoms with Crippen molar-refractivity contribution in [2.24, 2.45) is 0 Å². The van der Waals surface area contributed by atoms with Crippen LogP contribution in [-0.4, -0.2) is 92.5 Å². The van der Waals surface area contributed by atoms with Gasteiger partial charge >= 0.3 is 0 Å². The van der Waals surface area contributed by atoms with E-state index in [0.717, 1.165) is 38.2 Å². The van der Waals surface area contributed by atoms with Gasteiger partial charge in [-0.25, -0.2) is 0 Å². The summed E-state index contributed by atoms with van der Waals surface area (Å²) in [6.45, 7) is 5.25. The molecule has 4 atom stereocenters. The molecule has 1 amide bonds. The van der Waals surface area contributed by atoms with Crippen LogP contribution in [0.3, 0.4) is 0 Å². The first-order valence-corrected chi connectivity index (χ1v) is 10.9. The second-order valence-electron chi connectivity index (χ2n) is 6.85. The van der Waals surface area contributed by atoms with Crippen molar-refractivity contribution >= 4 is 22.3 Å². The lowest BCUT2D eigenvalue weighted by molar-refractivity contribution is -0.116. The Hall–Kier alpha value is -0.730. The van der Waals surface area contributed by atoms with Crippen molar-refractivity contribution in [1.29, 1.82) is 0 Å². The quantitative estimate of drug-likeness (QED) is 0.386. The lowest BCUT2D eigenvalue weighted by Crippen LogP contribution is -2.36. The van der Waals surface area contributed by atoms with E-state index >= 15 is 0 Å². The van der Waals surface area contributed by atoms with E-state index in [-0.39, 0.29) is 18.1 Å². The molecule has 3 fully saturated rings. The predicted molar refractivity (Wildman–Crippen MR) is 101 cm³/mol. The molecule has 1 N–H and O–H groups in total. The van der Waals surface area contributed by atoms with Crippen LogP contribution < -0.4 is 5.32 Å². The van der Waals surface area contributed by atoms with Gasteiger partial charge in [0.2, 0.25) is 5.91 Å². The Labute approximate surface area is 152 Å². The highest BCUT2D eigenvalue weighted by atomic mass is 32.2.